The van der Waals surface area contributed by atoms with Crippen LogP contribution in [0, 0.1) is 0 Å². The summed E-state index contributed by atoms with van der Waals surface area (Å²) in [6, 6.07) is 12.3. The topological polar surface area (TPSA) is 64.2 Å². The summed E-state index contributed by atoms with van der Waals surface area (Å²) < 4.78 is 0. The third kappa shape index (κ3) is 1.31. The Labute approximate surface area is 108 Å². The number of oxime groups is 1. The number of hydrogen-bond acceptors (Lipinski definition) is 2. The summed E-state index contributed by atoms with van der Waals surface area (Å²) >= 11 is 0. The van der Waals surface area contributed by atoms with Crippen molar-refractivity contribution < 1.29 is 5.21 Å². The Morgan fingerprint density at radius 2 is 1.79 bits per heavy atom. The molecule has 0 fully saturated rings. The second-order valence-electron chi connectivity index (χ2n) is 4.57. The average molecular weight is 249 g/mol. The van der Waals surface area contributed by atoms with E-state index in [1.54, 1.807) is 0 Å². The molecule has 0 aliphatic carbocycles. The minimum atomic E-state index is 0.882. The van der Waals surface area contributed by atoms with Gasteiger partial charge >= 0.3 is 0 Å². The molecule has 0 radical (unpaired) electrons. The quantitative estimate of drug-likeness (QED) is 0.269. The number of nitrogens with one attached hydrogen (secondary N) is 2. The number of aromatic amines is 2. The molecule has 0 amide bonds. The Balaban J connectivity index is 2.31. The van der Waals surface area contributed by atoms with Crippen molar-refractivity contribution in [3.05, 3.63) is 48.2 Å². The van der Waals surface area contributed by atoms with Crippen LogP contribution >= 0.6 is 0 Å². The smallest absolute Gasteiger partial charge is 0.0755 e. The largest absolute Gasteiger partial charge is 0.411 e. The molecule has 0 saturated carbocycles. The van der Waals surface area contributed by atoms with Gasteiger partial charge in [-0.3, -0.25) is 0 Å². The molecule has 0 aliphatic rings. The highest BCUT2D eigenvalue weighted by atomic mass is 16.4. The van der Waals surface area contributed by atoms with E-state index in [2.05, 4.69) is 33.3 Å². The lowest BCUT2D eigenvalue weighted by molar-refractivity contribution is 0.322. The molecule has 4 aromatic rings. The fourth-order valence-electron chi connectivity index (χ4n) is 2.75. The van der Waals surface area contributed by atoms with Gasteiger partial charge in [-0.2, -0.15) is 0 Å². The molecule has 4 rings (SSSR count). The third-order valence-electron chi connectivity index (χ3n) is 3.54. The van der Waals surface area contributed by atoms with Crippen LogP contribution in [0.3, 0.4) is 0 Å². The maximum atomic E-state index is 8.78. The molecule has 3 N–H and O–H groups in total. The van der Waals surface area contributed by atoms with Crippen LogP contribution in [-0.2, 0) is 0 Å². The van der Waals surface area contributed by atoms with Crippen LogP contribution in [-0.4, -0.2) is 21.4 Å². The van der Waals surface area contributed by atoms with Crippen molar-refractivity contribution in [3.8, 4) is 0 Å². The van der Waals surface area contributed by atoms with Gasteiger partial charge in [0.1, 0.15) is 0 Å². The van der Waals surface area contributed by atoms with Crippen LogP contribution in [0.1, 0.15) is 5.56 Å². The van der Waals surface area contributed by atoms with Crippen molar-refractivity contribution in [3.63, 3.8) is 0 Å². The second kappa shape index (κ2) is 3.62. The zero-order valence-electron chi connectivity index (χ0n) is 10.0. The van der Waals surface area contributed by atoms with E-state index in [4.69, 9.17) is 5.21 Å². The Kier molecular flexibility index (Phi) is 1.94. The van der Waals surface area contributed by atoms with Gasteiger partial charge in [0, 0.05) is 44.5 Å². The third-order valence-corrected chi connectivity index (χ3v) is 3.54. The lowest BCUT2D eigenvalue weighted by Crippen LogP contribution is -1.78. The first-order valence-electron chi connectivity index (χ1n) is 6.06. The Morgan fingerprint density at radius 3 is 2.68 bits per heavy atom. The van der Waals surface area contributed by atoms with E-state index in [1.807, 2.05) is 24.4 Å². The number of hydrogen-bond donors (Lipinski definition) is 3. The zero-order valence-corrected chi connectivity index (χ0v) is 10.0. The van der Waals surface area contributed by atoms with Crippen molar-refractivity contribution >= 4 is 38.9 Å². The van der Waals surface area contributed by atoms with Gasteiger partial charge in [-0.1, -0.05) is 23.4 Å². The Morgan fingerprint density at radius 1 is 0.947 bits per heavy atom. The molecule has 4 heteroatoms. The summed E-state index contributed by atoms with van der Waals surface area (Å²) in [7, 11) is 0. The van der Waals surface area contributed by atoms with E-state index in [1.165, 1.54) is 11.6 Å². The van der Waals surface area contributed by atoms with Gasteiger partial charge in [-0.15, -0.1) is 0 Å². The lowest BCUT2D eigenvalue weighted by atomic mass is 10.1. The summed E-state index contributed by atoms with van der Waals surface area (Å²) in [4.78, 5) is 6.61. The normalized spacial score (nSPS) is 12.2. The molecular formula is C15H11N3O. The lowest BCUT2D eigenvalue weighted by Gasteiger charge is -1.96. The first kappa shape index (κ1) is 10.2. The Bertz CT molecular complexity index is 930. The molecular weight excluding hydrogens is 238 g/mol. The summed E-state index contributed by atoms with van der Waals surface area (Å²) in [5.74, 6) is 0. The summed E-state index contributed by atoms with van der Waals surface area (Å²) in [5.41, 5.74) is 4.11. The monoisotopic (exact) mass is 249 g/mol. The molecule has 4 nitrogen and oxygen atoms in total. The van der Waals surface area contributed by atoms with Gasteiger partial charge in [0.05, 0.1) is 6.21 Å². The van der Waals surface area contributed by atoms with Crippen LogP contribution in [0.5, 0.6) is 0 Å². The number of rotatable bonds is 1. The fourth-order valence-corrected chi connectivity index (χ4v) is 2.75. The van der Waals surface area contributed by atoms with Crippen LogP contribution in [0.25, 0.3) is 32.7 Å². The molecule has 2 heterocycles. The number of nitrogens with zero attached hydrogens (tertiary/aromatic N) is 1. The maximum Gasteiger partial charge on any atom is 0.0755 e. The maximum absolute atomic E-state index is 8.78. The van der Waals surface area contributed by atoms with Crippen molar-refractivity contribution in [1.82, 2.24) is 9.97 Å². The van der Waals surface area contributed by atoms with E-state index in [9.17, 15) is 0 Å². The van der Waals surface area contributed by atoms with Crippen molar-refractivity contribution in [2.24, 2.45) is 5.16 Å². The highest BCUT2D eigenvalue weighted by molar-refractivity contribution is 6.23. The predicted octanol–water partition coefficient (Wildman–Crippen LogP) is 3.61. The van der Waals surface area contributed by atoms with E-state index in [-0.39, 0.29) is 0 Å². The number of fused-ring (bicyclic) bond motifs is 5. The SMILES string of the molecule is ON=Cc1c[nH]c2ccc3[nH]c4ccccc4c3c12. The van der Waals surface area contributed by atoms with E-state index >= 15 is 0 Å². The molecule has 0 bridgehead atoms. The van der Waals surface area contributed by atoms with Gasteiger partial charge in [0.25, 0.3) is 0 Å². The van der Waals surface area contributed by atoms with Gasteiger partial charge in [0.2, 0.25) is 0 Å². The second-order valence-corrected chi connectivity index (χ2v) is 4.57. The predicted molar refractivity (Wildman–Crippen MR) is 77.0 cm³/mol. The number of benzene rings is 2. The van der Waals surface area contributed by atoms with E-state index in [0.29, 0.717) is 0 Å². The van der Waals surface area contributed by atoms with Crippen molar-refractivity contribution in [1.29, 1.82) is 0 Å². The number of aromatic nitrogens is 2. The number of H-pyrrole nitrogens is 2. The van der Waals surface area contributed by atoms with Crippen LogP contribution < -0.4 is 0 Å². The van der Waals surface area contributed by atoms with Gasteiger partial charge in [-0.25, -0.2) is 0 Å². The molecule has 0 spiro atoms. The summed E-state index contributed by atoms with van der Waals surface area (Å²) in [5, 5.41) is 15.3. The van der Waals surface area contributed by atoms with Crippen molar-refractivity contribution in [2.75, 3.05) is 0 Å². The van der Waals surface area contributed by atoms with E-state index < -0.39 is 0 Å². The first-order valence-corrected chi connectivity index (χ1v) is 6.06. The average Bonchev–Trinajstić information content (AvgIpc) is 2.99. The van der Waals surface area contributed by atoms with Crippen LogP contribution in [0.15, 0.2) is 47.8 Å². The number of para-hydroxylation sites is 1. The van der Waals surface area contributed by atoms with Crippen molar-refractivity contribution in [2.45, 2.75) is 0 Å². The van der Waals surface area contributed by atoms with Gasteiger partial charge < -0.3 is 15.2 Å². The molecule has 0 saturated heterocycles. The van der Waals surface area contributed by atoms with E-state index in [0.717, 1.165) is 32.9 Å². The minimum Gasteiger partial charge on any atom is -0.411 e. The molecule has 19 heavy (non-hydrogen) atoms. The summed E-state index contributed by atoms with van der Waals surface area (Å²) in [6.45, 7) is 0. The standard InChI is InChI=1S/C15H11N3O/c19-17-8-9-7-16-12-5-6-13-15(14(9)12)10-3-1-2-4-11(10)18-13/h1-8,16,18-19H. The summed E-state index contributed by atoms with van der Waals surface area (Å²) in [6.07, 6.45) is 3.31. The zero-order chi connectivity index (χ0) is 12.8. The highest BCUT2D eigenvalue weighted by Gasteiger charge is 2.11. The Hall–Kier alpha value is -2.75. The van der Waals surface area contributed by atoms with Crippen LogP contribution in [0.2, 0.25) is 0 Å². The minimum absolute atomic E-state index is 0.882. The molecule has 0 aliphatic heterocycles. The highest BCUT2D eigenvalue weighted by Crippen LogP contribution is 2.33. The molecule has 0 atom stereocenters. The fraction of sp³-hybridized carbons (Fsp3) is 0. The molecule has 2 aromatic heterocycles. The van der Waals surface area contributed by atoms with Gasteiger partial charge in [0.15, 0.2) is 0 Å². The first-order chi connectivity index (χ1) is 9.38. The molecule has 2 aromatic carbocycles. The van der Waals surface area contributed by atoms with Gasteiger partial charge in [-0.05, 0) is 18.2 Å². The van der Waals surface area contributed by atoms with Crippen LogP contribution in [0.4, 0.5) is 0 Å². The molecule has 92 valence electrons. The molecule has 0 unspecified atom stereocenters.